The van der Waals surface area contributed by atoms with Crippen molar-refractivity contribution in [1.29, 1.82) is 0 Å². The number of benzene rings is 1. The van der Waals surface area contributed by atoms with Crippen LogP contribution >= 0.6 is 0 Å². The molecule has 0 aliphatic heterocycles. The second kappa shape index (κ2) is 5.97. The lowest BCUT2D eigenvalue weighted by atomic mass is 10.2. The highest BCUT2D eigenvalue weighted by Crippen LogP contribution is 2.09. The van der Waals surface area contributed by atoms with Gasteiger partial charge < -0.3 is 10.1 Å². The third kappa shape index (κ3) is 2.95. The van der Waals surface area contributed by atoms with Crippen LogP contribution < -0.4 is 5.32 Å². The smallest absolute Gasteiger partial charge is 0.251 e. The molecule has 0 unspecified atom stereocenters. The summed E-state index contributed by atoms with van der Waals surface area (Å²) in [6.45, 7) is 1.01. The summed E-state index contributed by atoms with van der Waals surface area (Å²) in [7, 11) is 1.60. The van der Waals surface area contributed by atoms with Crippen LogP contribution in [0.2, 0.25) is 0 Å². The Morgan fingerprint density at radius 2 is 2.33 bits per heavy atom. The number of nitrogens with zero attached hydrogens (tertiary/aromatic N) is 2. The third-order valence-corrected chi connectivity index (χ3v) is 2.47. The molecule has 0 atom stereocenters. The van der Waals surface area contributed by atoms with Crippen LogP contribution in [0.4, 0.5) is 0 Å². The maximum atomic E-state index is 11.8. The highest BCUT2D eigenvalue weighted by Gasteiger charge is 2.06. The first-order valence-corrected chi connectivity index (χ1v) is 5.68. The van der Waals surface area contributed by atoms with Gasteiger partial charge >= 0.3 is 0 Å². The molecule has 2 aromatic rings. The minimum Gasteiger partial charge on any atom is -0.383 e. The van der Waals surface area contributed by atoms with Gasteiger partial charge in [-0.3, -0.25) is 4.79 Å². The van der Waals surface area contributed by atoms with E-state index < -0.39 is 0 Å². The van der Waals surface area contributed by atoms with Crippen molar-refractivity contribution in [3.8, 4) is 5.69 Å². The zero-order valence-corrected chi connectivity index (χ0v) is 10.2. The molecule has 94 valence electrons. The SMILES string of the molecule is COCCNC(=O)c1cccc(-n2cccn2)c1. The number of hydrogen-bond acceptors (Lipinski definition) is 3. The number of carbonyl (C=O) groups excluding carboxylic acids is 1. The normalized spacial score (nSPS) is 10.3. The van der Waals surface area contributed by atoms with Gasteiger partial charge in [-0.2, -0.15) is 5.10 Å². The first-order chi connectivity index (χ1) is 8.81. The molecular weight excluding hydrogens is 230 g/mol. The number of methoxy groups -OCH3 is 1. The molecule has 0 saturated heterocycles. The first-order valence-electron chi connectivity index (χ1n) is 5.68. The monoisotopic (exact) mass is 245 g/mol. The summed E-state index contributed by atoms with van der Waals surface area (Å²) in [6.07, 6.45) is 3.53. The van der Waals surface area contributed by atoms with E-state index in [-0.39, 0.29) is 5.91 Å². The molecule has 1 aromatic carbocycles. The lowest BCUT2D eigenvalue weighted by molar-refractivity contribution is 0.0937. The van der Waals surface area contributed by atoms with E-state index in [4.69, 9.17) is 4.74 Å². The van der Waals surface area contributed by atoms with Crippen molar-refractivity contribution >= 4 is 5.91 Å². The van der Waals surface area contributed by atoms with E-state index in [0.29, 0.717) is 18.7 Å². The summed E-state index contributed by atoms with van der Waals surface area (Å²) in [5.74, 6) is -0.110. The van der Waals surface area contributed by atoms with Gasteiger partial charge in [0.1, 0.15) is 0 Å². The summed E-state index contributed by atoms with van der Waals surface area (Å²) in [6, 6.07) is 9.15. The fourth-order valence-corrected chi connectivity index (χ4v) is 1.58. The Hall–Kier alpha value is -2.14. The van der Waals surface area contributed by atoms with Crippen LogP contribution in [-0.4, -0.2) is 35.9 Å². The van der Waals surface area contributed by atoms with Crippen molar-refractivity contribution in [2.75, 3.05) is 20.3 Å². The molecule has 18 heavy (non-hydrogen) atoms. The highest BCUT2D eigenvalue weighted by atomic mass is 16.5. The van der Waals surface area contributed by atoms with E-state index in [1.807, 2.05) is 24.4 Å². The zero-order valence-electron chi connectivity index (χ0n) is 10.2. The molecule has 1 N–H and O–H groups in total. The van der Waals surface area contributed by atoms with Gasteiger partial charge in [0.2, 0.25) is 0 Å². The largest absolute Gasteiger partial charge is 0.383 e. The molecule has 0 fully saturated rings. The maximum absolute atomic E-state index is 11.8. The minimum atomic E-state index is -0.110. The Kier molecular flexibility index (Phi) is 4.09. The molecule has 0 aliphatic carbocycles. The standard InChI is InChI=1S/C13H15N3O2/c1-18-9-7-14-13(17)11-4-2-5-12(10-11)16-8-3-6-15-16/h2-6,8,10H,7,9H2,1H3,(H,14,17). The van der Waals surface area contributed by atoms with Gasteiger partial charge in [-0.05, 0) is 24.3 Å². The average molecular weight is 245 g/mol. The van der Waals surface area contributed by atoms with E-state index >= 15 is 0 Å². The van der Waals surface area contributed by atoms with Crippen LogP contribution in [0, 0.1) is 0 Å². The van der Waals surface area contributed by atoms with E-state index in [2.05, 4.69) is 10.4 Å². The molecule has 1 amide bonds. The van der Waals surface area contributed by atoms with Crippen molar-refractivity contribution in [3.63, 3.8) is 0 Å². The molecule has 0 aliphatic rings. The van der Waals surface area contributed by atoms with Crippen LogP contribution in [0.25, 0.3) is 5.69 Å². The Morgan fingerprint density at radius 1 is 1.44 bits per heavy atom. The Balaban J connectivity index is 2.10. The average Bonchev–Trinajstić information content (AvgIpc) is 2.93. The molecule has 1 heterocycles. The number of carbonyl (C=O) groups is 1. The Labute approximate surface area is 105 Å². The predicted octanol–water partition coefficient (Wildman–Crippen LogP) is 1.25. The summed E-state index contributed by atoms with van der Waals surface area (Å²) in [4.78, 5) is 11.8. The Bertz CT molecular complexity index is 509. The van der Waals surface area contributed by atoms with Gasteiger partial charge in [-0.15, -0.1) is 0 Å². The van der Waals surface area contributed by atoms with Crippen LogP contribution in [-0.2, 0) is 4.74 Å². The molecule has 0 spiro atoms. The summed E-state index contributed by atoms with van der Waals surface area (Å²) < 4.78 is 6.60. The number of nitrogens with one attached hydrogen (secondary N) is 1. The maximum Gasteiger partial charge on any atom is 0.251 e. The van der Waals surface area contributed by atoms with Gasteiger partial charge in [0.15, 0.2) is 0 Å². The highest BCUT2D eigenvalue weighted by molar-refractivity contribution is 5.94. The van der Waals surface area contributed by atoms with Crippen molar-refractivity contribution in [3.05, 3.63) is 48.3 Å². The van der Waals surface area contributed by atoms with Crippen LogP contribution in [0.5, 0.6) is 0 Å². The zero-order chi connectivity index (χ0) is 12.8. The van der Waals surface area contributed by atoms with Gasteiger partial charge in [0.25, 0.3) is 5.91 Å². The predicted molar refractivity (Wildman–Crippen MR) is 67.8 cm³/mol. The number of ether oxygens (including phenoxy) is 1. The van der Waals surface area contributed by atoms with Crippen LogP contribution in [0.15, 0.2) is 42.7 Å². The van der Waals surface area contributed by atoms with Crippen LogP contribution in [0.1, 0.15) is 10.4 Å². The Morgan fingerprint density at radius 3 is 3.06 bits per heavy atom. The van der Waals surface area contributed by atoms with Crippen LogP contribution in [0.3, 0.4) is 0 Å². The number of amides is 1. The minimum absolute atomic E-state index is 0.110. The molecule has 2 rings (SSSR count). The molecule has 0 bridgehead atoms. The van der Waals surface area contributed by atoms with Gasteiger partial charge in [-0.1, -0.05) is 6.07 Å². The summed E-state index contributed by atoms with van der Waals surface area (Å²) >= 11 is 0. The van der Waals surface area contributed by atoms with Crippen molar-refractivity contribution < 1.29 is 9.53 Å². The molecule has 0 saturated carbocycles. The second-order valence-electron chi connectivity index (χ2n) is 3.75. The fraction of sp³-hybridized carbons (Fsp3) is 0.231. The van der Waals surface area contributed by atoms with Crippen molar-refractivity contribution in [2.45, 2.75) is 0 Å². The number of rotatable bonds is 5. The molecule has 5 heteroatoms. The van der Waals surface area contributed by atoms with E-state index in [1.54, 1.807) is 30.1 Å². The fourth-order valence-electron chi connectivity index (χ4n) is 1.58. The third-order valence-electron chi connectivity index (χ3n) is 2.47. The van der Waals surface area contributed by atoms with Crippen molar-refractivity contribution in [1.82, 2.24) is 15.1 Å². The topological polar surface area (TPSA) is 56.1 Å². The summed E-state index contributed by atoms with van der Waals surface area (Å²) in [5.41, 5.74) is 1.47. The van der Waals surface area contributed by atoms with Gasteiger partial charge in [0.05, 0.1) is 12.3 Å². The number of aromatic nitrogens is 2. The lowest BCUT2D eigenvalue weighted by Gasteiger charge is -2.06. The summed E-state index contributed by atoms with van der Waals surface area (Å²) in [5, 5.41) is 6.91. The second-order valence-corrected chi connectivity index (χ2v) is 3.75. The first kappa shape index (κ1) is 12.3. The molecular formula is C13H15N3O2. The lowest BCUT2D eigenvalue weighted by Crippen LogP contribution is -2.26. The van der Waals surface area contributed by atoms with Gasteiger partial charge in [0, 0.05) is 31.6 Å². The molecule has 0 radical (unpaired) electrons. The quantitative estimate of drug-likeness (QED) is 0.806. The number of hydrogen-bond donors (Lipinski definition) is 1. The molecule has 1 aromatic heterocycles. The van der Waals surface area contributed by atoms with Gasteiger partial charge in [-0.25, -0.2) is 4.68 Å². The van der Waals surface area contributed by atoms with Crippen molar-refractivity contribution in [2.24, 2.45) is 0 Å². The van der Waals surface area contributed by atoms with E-state index in [9.17, 15) is 4.79 Å². The molecule has 5 nitrogen and oxygen atoms in total. The van der Waals surface area contributed by atoms with E-state index in [1.165, 1.54) is 0 Å². The van der Waals surface area contributed by atoms with E-state index in [0.717, 1.165) is 5.69 Å².